The highest BCUT2D eigenvalue weighted by Gasteiger charge is 2.29. The highest BCUT2D eigenvalue weighted by atomic mass is 19.2. The molecule has 0 spiro atoms. The standard InChI is InChI=1S/C13H14F2N2O3/c1-8-2-4-16(5-3-8)13(18)9-6-10(14)11(15)7-12(9)17(19)20/h6-8H,2-5H2,1H3. The van der Waals surface area contributed by atoms with E-state index in [1.54, 1.807) is 0 Å². The Labute approximate surface area is 114 Å². The minimum Gasteiger partial charge on any atom is -0.338 e. The van der Waals surface area contributed by atoms with Crippen LogP contribution < -0.4 is 0 Å². The summed E-state index contributed by atoms with van der Waals surface area (Å²) in [5.74, 6) is -2.73. The Hall–Kier alpha value is -2.05. The fourth-order valence-electron chi connectivity index (χ4n) is 2.24. The molecule has 7 heteroatoms. The predicted molar refractivity (Wildman–Crippen MR) is 67.3 cm³/mol. The van der Waals surface area contributed by atoms with Crippen molar-refractivity contribution in [2.24, 2.45) is 5.92 Å². The van der Waals surface area contributed by atoms with Crippen molar-refractivity contribution in [3.8, 4) is 0 Å². The summed E-state index contributed by atoms with van der Waals surface area (Å²) in [5, 5.41) is 10.9. The number of hydrogen-bond donors (Lipinski definition) is 0. The molecule has 0 atom stereocenters. The summed E-state index contributed by atoms with van der Waals surface area (Å²) in [6.07, 6.45) is 1.59. The highest BCUT2D eigenvalue weighted by Crippen LogP contribution is 2.25. The first-order chi connectivity index (χ1) is 9.40. The van der Waals surface area contributed by atoms with E-state index in [1.807, 2.05) is 0 Å². The molecule has 1 aromatic rings. The van der Waals surface area contributed by atoms with Crippen LogP contribution >= 0.6 is 0 Å². The van der Waals surface area contributed by atoms with E-state index in [4.69, 9.17) is 0 Å². The van der Waals surface area contributed by atoms with E-state index in [-0.39, 0.29) is 0 Å². The lowest BCUT2D eigenvalue weighted by atomic mass is 9.98. The molecule has 2 rings (SSSR count). The van der Waals surface area contributed by atoms with Gasteiger partial charge in [0.05, 0.1) is 11.0 Å². The quantitative estimate of drug-likeness (QED) is 0.619. The maximum absolute atomic E-state index is 13.2. The average molecular weight is 284 g/mol. The van der Waals surface area contributed by atoms with Crippen LogP contribution in [0, 0.1) is 27.7 Å². The van der Waals surface area contributed by atoms with E-state index in [1.165, 1.54) is 4.90 Å². The number of likely N-dealkylation sites (tertiary alicyclic amines) is 1. The molecule has 1 amide bonds. The molecule has 5 nitrogen and oxygen atoms in total. The molecule has 0 radical (unpaired) electrons. The molecule has 1 heterocycles. The average Bonchev–Trinajstić information content (AvgIpc) is 2.41. The molecule has 108 valence electrons. The second-order valence-corrected chi connectivity index (χ2v) is 5.02. The predicted octanol–water partition coefficient (Wildman–Crippen LogP) is 2.75. The summed E-state index contributed by atoms with van der Waals surface area (Å²) in [7, 11) is 0. The lowest BCUT2D eigenvalue weighted by Crippen LogP contribution is -2.38. The number of nitro benzene ring substituents is 1. The van der Waals surface area contributed by atoms with Gasteiger partial charge in [-0.3, -0.25) is 14.9 Å². The summed E-state index contributed by atoms with van der Waals surface area (Å²) in [6.45, 7) is 2.99. The number of piperidine rings is 1. The van der Waals surface area contributed by atoms with Gasteiger partial charge in [-0.25, -0.2) is 8.78 Å². The van der Waals surface area contributed by atoms with E-state index in [0.717, 1.165) is 12.8 Å². The number of benzene rings is 1. The van der Waals surface area contributed by atoms with Gasteiger partial charge in [0.15, 0.2) is 11.6 Å². The van der Waals surface area contributed by atoms with Crippen LogP contribution in [0.1, 0.15) is 30.1 Å². The number of halogens is 2. The van der Waals surface area contributed by atoms with Gasteiger partial charge in [0.25, 0.3) is 11.6 Å². The zero-order chi connectivity index (χ0) is 14.9. The Balaban J connectivity index is 2.34. The van der Waals surface area contributed by atoms with E-state index < -0.39 is 33.7 Å². The molecule has 0 aliphatic carbocycles. The van der Waals surface area contributed by atoms with Crippen LogP contribution in [0.5, 0.6) is 0 Å². The lowest BCUT2D eigenvalue weighted by Gasteiger charge is -2.30. The van der Waals surface area contributed by atoms with Crippen molar-refractivity contribution < 1.29 is 18.5 Å². The Morgan fingerprint density at radius 3 is 2.40 bits per heavy atom. The Bertz CT molecular complexity index is 555. The van der Waals surface area contributed by atoms with E-state index in [2.05, 4.69) is 6.92 Å². The van der Waals surface area contributed by atoms with Crippen molar-refractivity contribution in [1.82, 2.24) is 4.90 Å². The van der Waals surface area contributed by atoms with Crippen LogP contribution in [-0.4, -0.2) is 28.8 Å². The van der Waals surface area contributed by atoms with Crippen LogP contribution in [0.4, 0.5) is 14.5 Å². The van der Waals surface area contributed by atoms with E-state index >= 15 is 0 Å². The van der Waals surface area contributed by atoms with Gasteiger partial charge in [0.2, 0.25) is 0 Å². The number of rotatable bonds is 2. The zero-order valence-electron chi connectivity index (χ0n) is 10.9. The molecule has 1 saturated heterocycles. The number of hydrogen-bond acceptors (Lipinski definition) is 3. The van der Waals surface area contributed by atoms with Crippen molar-refractivity contribution in [1.29, 1.82) is 0 Å². The number of nitrogens with zero attached hydrogens (tertiary/aromatic N) is 2. The van der Waals surface area contributed by atoms with Crippen LogP contribution in [0.15, 0.2) is 12.1 Å². The Kier molecular flexibility index (Phi) is 3.96. The van der Waals surface area contributed by atoms with Crippen molar-refractivity contribution in [3.63, 3.8) is 0 Å². The van der Waals surface area contributed by atoms with Crippen molar-refractivity contribution in [3.05, 3.63) is 39.4 Å². The smallest absolute Gasteiger partial charge is 0.285 e. The molecule has 0 unspecified atom stereocenters. The van der Waals surface area contributed by atoms with Gasteiger partial charge >= 0.3 is 0 Å². The summed E-state index contributed by atoms with van der Waals surface area (Å²) >= 11 is 0. The molecule has 0 aromatic heterocycles. The van der Waals surface area contributed by atoms with Gasteiger partial charge in [-0.2, -0.15) is 0 Å². The summed E-state index contributed by atoms with van der Waals surface area (Å²) in [5.41, 5.74) is -1.10. The van der Waals surface area contributed by atoms with Gasteiger partial charge in [-0.15, -0.1) is 0 Å². The van der Waals surface area contributed by atoms with Crippen LogP contribution in [0.2, 0.25) is 0 Å². The largest absolute Gasteiger partial charge is 0.338 e. The molecule has 1 aliphatic rings. The minimum absolute atomic E-state index is 0.400. The molecule has 20 heavy (non-hydrogen) atoms. The summed E-state index contributed by atoms with van der Waals surface area (Å²) < 4.78 is 26.3. The monoisotopic (exact) mass is 284 g/mol. The summed E-state index contributed by atoms with van der Waals surface area (Å²) in [6, 6.07) is 1.06. The van der Waals surface area contributed by atoms with Gasteiger partial charge in [-0.1, -0.05) is 6.92 Å². The maximum atomic E-state index is 13.2. The fraction of sp³-hybridized carbons (Fsp3) is 0.462. The Morgan fingerprint density at radius 2 is 1.85 bits per heavy atom. The third kappa shape index (κ3) is 2.76. The second-order valence-electron chi connectivity index (χ2n) is 5.02. The maximum Gasteiger partial charge on any atom is 0.285 e. The second kappa shape index (κ2) is 5.52. The lowest BCUT2D eigenvalue weighted by molar-refractivity contribution is -0.385. The number of amides is 1. The van der Waals surface area contributed by atoms with Crippen molar-refractivity contribution in [2.45, 2.75) is 19.8 Å². The van der Waals surface area contributed by atoms with Gasteiger partial charge in [0, 0.05) is 13.1 Å². The van der Waals surface area contributed by atoms with Crippen LogP contribution in [0.25, 0.3) is 0 Å². The van der Waals surface area contributed by atoms with Gasteiger partial charge < -0.3 is 4.90 Å². The molecule has 1 fully saturated rings. The van der Waals surface area contributed by atoms with Crippen LogP contribution in [-0.2, 0) is 0 Å². The number of nitro groups is 1. The molecule has 0 N–H and O–H groups in total. The number of carbonyl (C=O) groups is 1. The SMILES string of the molecule is CC1CCN(C(=O)c2cc(F)c(F)cc2[N+](=O)[O-])CC1. The van der Waals surface area contributed by atoms with Crippen molar-refractivity contribution in [2.75, 3.05) is 13.1 Å². The minimum atomic E-state index is -1.33. The Morgan fingerprint density at radius 1 is 1.30 bits per heavy atom. The van der Waals surface area contributed by atoms with E-state index in [0.29, 0.717) is 31.1 Å². The molecular formula is C13H14F2N2O3. The van der Waals surface area contributed by atoms with Crippen molar-refractivity contribution >= 4 is 11.6 Å². The summed E-state index contributed by atoms with van der Waals surface area (Å²) in [4.78, 5) is 23.7. The van der Waals surface area contributed by atoms with Gasteiger partial charge in [0.1, 0.15) is 5.56 Å². The first kappa shape index (κ1) is 14.4. The molecule has 1 aromatic carbocycles. The molecule has 0 saturated carbocycles. The van der Waals surface area contributed by atoms with Gasteiger partial charge in [-0.05, 0) is 24.8 Å². The number of carbonyl (C=O) groups excluding carboxylic acids is 1. The van der Waals surface area contributed by atoms with E-state index in [9.17, 15) is 23.7 Å². The molecule has 1 aliphatic heterocycles. The van der Waals surface area contributed by atoms with Crippen LogP contribution in [0.3, 0.4) is 0 Å². The first-order valence-corrected chi connectivity index (χ1v) is 6.33. The fourth-order valence-corrected chi connectivity index (χ4v) is 2.24. The topological polar surface area (TPSA) is 63.5 Å². The first-order valence-electron chi connectivity index (χ1n) is 6.33. The molecule has 0 bridgehead atoms. The zero-order valence-corrected chi connectivity index (χ0v) is 10.9. The third-order valence-electron chi connectivity index (χ3n) is 3.54. The highest BCUT2D eigenvalue weighted by molar-refractivity contribution is 5.98. The third-order valence-corrected chi connectivity index (χ3v) is 3.54. The normalized spacial score (nSPS) is 16.2. The molecular weight excluding hydrogens is 270 g/mol.